The van der Waals surface area contributed by atoms with Crippen LogP contribution in [0, 0.1) is 0 Å². The van der Waals surface area contributed by atoms with Crippen LogP contribution in [0.3, 0.4) is 0 Å². The van der Waals surface area contributed by atoms with Gasteiger partial charge in [-0.2, -0.15) is 0 Å². The van der Waals surface area contributed by atoms with Crippen LogP contribution in [0.25, 0.3) is 50.5 Å². The summed E-state index contributed by atoms with van der Waals surface area (Å²) in [6.45, 7) is 11.0. The Bertz CT molecular complexity index is 2300. The Balaban J connectivity index is 1.21. The highest BCUT2D eigenvalue weighted by Gasteiger charge is 2.25. The average Bonchev–Trinajstić information content (AvgIpc) is 3.63. The first-order valence-corrected chi connectivity index (χ1v) is 17.1. The largest absolute Gasteiger partial charge is 0.507 e. The summed E-state index contributed by atoms with van der Waals surface area (Å²) in [6, 6.07) is 25.4. The summed E-state index contributed by atoms with van der Waals surface area (Å²) in [6.07, 6.45) is 21.8. The zero-order valence-corrected chi connectivity index (χ0v) is 27.3. The lowest BCUT2D eigenvalue weighted by Gasteiger charge is -2.30. The predicted molar refractivity (Wildman–Crippen MR) is 203 cm³/mol. The summed E-state index contributed by atoms with van der Waals surface area (Å²) in [4.78, 5) is 3.50. The number of para-hydroxylation sites is 1. The number of fused-ring (bicyclic) bond motifs is 6. The summed E-state index contributed by atoms with van der Waals surface area (Å²) < 4.78 is 3.51. The fraction of sp³-hybridized carbons (Fsp3) is 0.116. The monoisotopic (exact) mass is 628 g/mol. The van der Waals surface area contributed by atoms with Gasteiger partial charge in [0.1, 0.15) is 5.76 Å². The predicted octanol–water partition coefficient (Wildman–Crippen LogP) is 12.1. The van der Waals surface area contributed by atoms with Gasteiger partial charge in [-0.1, -0.05) is 92.9 Å². The molecule has 0 radical (unpaired) electrons. The molecule has 0 spiro atoms. The Kier molecular flexibility index (Phi) is 7.31. The number of aliphatic hydroxyl groups excluding tert-OH is 1. The maximum Gasteiger partial charge on any atom is 0.124 e. The van der Waals surface area contributed by atoms with Crippen LogP contribution in [-0.4, -0.2) is 9.67 Å². The van der Waals surface area contributed by atoms with E-state index >= 15 is 0 Å². The Morgan fingerprint density at radius 3 is 2.64 bits per heavy atom. The molecule has 0 amide bonds. The highest BCUT2D eigenvalue weighted by molar-refractivity contribution is 7.20. The van der Waals surface area contributed by atoms with Gasteiger partial charge < -0.3 is 14.6 Å². The van der Waals surface area contributed by atoms with Crippen molar-refractivity contribution < 1.29 is 5.11 Å². The second kappa shape index (κ2) is 11.8. The van der Waals surface area contributed by atoms with E-state index < -0.39 is 0 Å². The van der Waals surface area contributed by atoms with E-state index in [1.54, 1.807) is 12.2 Å². The van der Waals surface area contributed by atoms with Crippen molar-refractivity contribution in [3.8, 4) is 0 Å². The van der Waals surface area contributed by atoms with Gasteiger partial charge in [0.05, 0.1) is 5.52 Å². The fourth-order valence-corrected chi connectivity index (χ4v) is 8.50. The van der Waals surface area contributed by atoms with E-state index in [1.807, 2.05) is 23.6 Å². The lowest BCUT2D eigenvalue weighted by atomic mass is 9.91. The first kappa shape index (κ1) is 29.1. The van der Waals surface area contributed by atoms with Crippen molar-refractivity contribution >= 4 is 67.5 Å². The SMILES string of the molecule is C=C/C(=C(O)\C=C/n1c2c(c3ccccc31)C=CCC2C)c1cccc(N2/C=C\c3c(sc4ccccc34)C(=C)C3=C2C=CCC3)c1. The van der Waals surface area contributed by atoms with Gasteiger partial charge in [-0.05, 0) is 78.5 Å². The van der Waals surface area contributed by atoms with Gasteiger partial charge in [0.25, 0.3) is 0 Å². The molecule has 1 unspecified atom stereocenters. The smallest absolute Gasteiger partial charge is 0.124 e. The molecule has 8 rings (SSSR count). The Morgan fingerprint density at radius 2 is 1.77 bits per heavy atom. The van der Waals surface area contributed by atoms with Crippen molar-refractivity contribution in [3.05, 3.63) is 167 Å². The first-order chi connectivity index (χ1) is 23.0. The van der Waals surface area contributed by atoms with Gasteiger partial charge in [-0.3, -0.25) is 0 Å². The van der Waals surface area contributed by atoms with Gasteiger partial charge in [-0.25, -0.2) is 0 Å². The molecule has 1 atom stereocenters. The number of rotatable bonds is 5. The molecule has 0 fully saturated rings. The highest BCUT2D eigenvalue weighted by atomic mass is 32.1. The number of thiophene rings is 1. The third-order valence-corrected chi connectivity index (χ3v) is 10.8. The van der Waals surface area contributed by atoms with Crippen LogP contribution in [-0.2, 0) is 0 Å². The number of benzene rings is 3. The number of allylic oxidation sites excluding steroid dienone is 8. The second-order valence-electron chi connectivity index (χ2n) is 12.4. The van der Waals surface area contributed by atoms with Crippen LogP contribution in [0.15, 0.2) is 140 Å². The quantitative estimate of drug-likeness (QED) is 0.155. The van der Waals surface area contributed by atoms with E-state index in [0.717, 1.165) is 47.3 Å². The lowest BCUT2D eigenvalue weighted by molar-refractivity contribution is 0.436. The molecule has 47 heavy (non-hydrogen) atoms. The molecule has 3 aromatic carbocycles. The third kappa shape index (κ3) is 4.88. The molecule has 3 heterocycles. The maximum absolute atomic E-state index is 11.5. The lowest BCUT2D eigenvalue weighted by Crippen LogP contribution is -2.19. The molecule has 0 saturated heterocycles. The van der Waals surface area contributed by atoms with Crippen molar-refractivity contribution in [2.45, 2.75) is 32.1 Å². The molecule has 230 valence electrons. The molecule has 5 aromatic rings. The molecule has 1 N–H and O–H groups in total. The van der Waals surface area contributed by atoms with E-state index in [4.69, 9.17) is 0 Å². The van der Waals surface area contributed by atoms with Gasteiger partial charge in [0.15, 0.2) is 0 Å². The van der Waals surface area contributed by atoms with Crippen LogP contribution in [0.4, 0.5) is 5.69 Å². The number of aromatic nitrogens is 1. The fourth-order valence-electron chi connectivity index (χ4n) is 7.31. The van der Waals surface area contributed by atoms with E-state index in [1.165, 1.54) is 42.7 Å². The van der Waals surface area contributed by atoms with Gasteiger partial charge in [0.2, 0.25) is 0 Å². The first-order valence-electron chi connectivity index (χ1n) is 16.3. The number of hydrogen-bond donors (Lipinski definition) is 1. The summed E-state index contributed by atoms with van der Waals surface area (Å²) in [5.74, 6) is 0.554. The molecule has 3 nitrogen and oxygen atoms in total. The minimum absolute atomic E-state index is 0.172. The van der Waals surface area contributed by atoms with Crippen molar-refractivity contribution in [1.29, 1.82) is 0 Å². The Labute approximate surface area is 280 Å². The minimum Gasteiger partial charge on any atom is -0.507 e. The minimum atomic E-state index is 0.172. The molecule has 3 aliphatic rings. The molecular formula is C43H36N2OS. The van der Waals surface area contributed by atoms with E-state index in [9.17, 15) is 5.11 Å². The summed E-state index contributed by atoms with van der Waals surface area (Å²) >= 11 is 1.82. The Morgan fingerprint density at radius 1 is 0.936 bits per heavy atom. The molecule has 1 aliphatic heterocycles. The van der Waals surface area contributed by atoms with Crippen LogP contribution < -0.4 is 4.90 Å². The van der Waals surface area contributed by atoms with Gasteiger partial charge in [0, 0.05) is 72.4 Å². The van der Waals surface area contributed by atoms with Gasteiger partial charge >= 0.3 is 0 Å². The van der Waals surface area contributed by atoms with Crippen molar-refractivity contribution in [3.63, 3.8) is 0 Å². The molecule has 4 heteroatoms. The zero-order chi connectivity index (χ0) is 32.1. The van der Waals surface area contributed by atoms with E-state index in [0.29, 0.717) is 11.5 Å². The number of anilines is 1. The summed E-state index contributed by atoms with van der Waals surface area (Å²) in [5, 5.41) is 14.0. The van der Waals surface area contributed by atoms with Gasteiger partial charge in [-0.15, -0.1) is 11.3 Å². The molecule has 0 saturated carbocycles. The molecular weight excluding hydrogens is 593 g/mol. The van der Waals surface area contributed by atoms with Crippen LogP contribution in [0.5, 0.6) is 0 Å². The number of aliphatic hydroxyl groups is 1. The van der Waals surface area contributed by atoms with Crippen molar-refractivity contribution in [2.24, 2.45) is 0 Å². The molecule has 2 aliphatic carbocycles. The highest BCUT2D eigenvalue weighted by Crippen LogP contribution is 2.44. The third-order valence-electron chi connectivity index (χ3n) is 9.60. The second-order valence-corrected chi connectivity index (χ2v) is 13.5. The van der Waals surface area contributed by atoms with Crippen molar-refractivity contribution in [2.75, 3.05) is 4.90 Å². The summed E-state index contributed by atoms with van der Waals surface area (Å²) in [7, 11) is 0. The number of nitrogens with zero attached hydrogens (tertiary/aromatic N) is 2. The molecule has 2 aromatic heterocycles. The Hall–Kier alpha value is -5.32. The topological polar surface area (TPSA) is 28.4 Å². The van der Waals surface area contributed by atoms with Crippen LogP contribution in [0.1, 0.15) is 59.4 Å². The normalized spacial score (nSPS) is 18.6. The average molecular weight is 629 g/mol. The molecule has 0 bridgehead atoms. The van der Waals surface area contributed by atoms with Crippen LogP contribution >= 0.6 is 11.3 Å². The van der Waals surface area contributed by atoms with E-state index in [-0.39, 0.29) is 5.76 Å². The van der Waals surface area contributed by atoms with Crippen molar-refractivity contribution in [1.82, 2.24) is 4.57 Å². The zero-order valence-electron chi connectivity index (χ0n) is 26.5. The number of hydrogen-bond acceptors (Lipinski definition) is 3. The summed E-state index contributed by atoms with van der Waals surface area (Å²) in [5.41, 5.74) is 11.0. The van der Waals surface area contributed by atoms with E-state index in [2.05, 4.69) is 133 Å². The maximum atomic E-state index is 11.5. The van der Waals surface area contributed by atoms with Crippen LogP contribution in [0.2, 0.25) is 0 Å². The standard InChI is InChI=1S/C43H36N2OS/c1-4-32(40(46)24-26-45-39-21-9-6-17-34(39)36-19-11-13-28(2)42(36)45)30-14-12-15-31(27-30)44-25-23-37-35-18-7-10-22-41(35)47-43(37)29(3)33-16-5-8-20-38(33)44/h4,6-12,14-15,17-28,46H,1,3,5,13,16H2,2H3/b25-23-,26-24-,40-32-.